The van der Waals surface area contributed by atoms with Crippen molar-refractivity contribution in [2.24, 2.45) is 0 Å². The van der Waals surface area contributed by atoms with Crippen LogP contribution in [0.15, 0.2) is 24.3 Å². The van der Waals surface area contributed by atoms with Crippen LogP contribution in [0.4, 0.5) is 5.13 Å². The number of ether oxygens (including phenoxy) is 1. The molecule has 1 heterocycles. The number of aryl methyl sites for hydroxylation is 1. The number of nitrogens with zero attached hydrogens (tertiary/aromatic N) is 2. The topological polar surface area (TPSA) is 64.1 Å². The minimum Gasteiger partial charge on any atom is -0.486 e. The van der Waals surface area contributed by atoms with Gasteiger partial charge in [0.05, 0.1) is 0 Å². The fourth-order valence-corrected chi connectivity index (χ4v) is 1.99. The zero-order valence-electron chi connectivity index (χ0n) is 10.1. The Morgan fingerprint density at radius 1 is 1.33 bits per heavy atom. The van der Waals surface area contributed by atoms with Gasteiger partial charge in [-0.2, -0.15) is 0 Å². The number of rotatable bonds is 4. The summed E-state index contributed by atoms with van der Waals surface area (Å²) in [4.78, 5) is 10.8. The molecule has 94 valence electrons. The van der Waals surface area contributed by atoms with Gasteiger partial charge in [-0.15, -0.1) is 10.2 Å². The van der Waals surface area contributed by atoms with Gasteiger partial charge >= 0.3 is 0 Å². The van der Waals surface area contributed by atoms with Crippen LogP contribution in [-0.4, -0.2) is 16.1 Å². The predicted octanol–water partition coefficient (Wildman–Crippen LogP) is 2.38. The maximum absolute atomic E-state index is 10.8. The van der Waals surface area contributed by atoms with Crippen LogP contribution in [0.5, 0.6) is 5.75 Å². The lowest BCUT2D eigenvalue weighted by Crippen LogP contribution is -2.04. The largest absolute Gasteiger partial charge is 0.486 e. The smallest absolute Gasteiger partial charge is 0.223 e. The summed E-state index contributed by atoms with van der Waals surface area (Å²) in [5.41, 5.74) is 1.19. The average Bonchev–Trinajstić information content (AvgIpc) is 2.75. The molecule has 6 heteroatoms. The van der Waals surface area contributed by atoms with Crippen molar-refractivity contribution in [3.8, 4) is 5.75 Å². The number of hydrogen-bond donors (Lipinski definition) is 1. The molecule has 1 N–H and O–H groups in total. The molecular formula is C12H13N3O2S. The van der Waals surface area contributed by atoms with Crippen molar-refractivity contribution in [3.63, 3.8) is 0 Å². The Kier molecular flexibility index (Phi) is 3.88. The van der Waals surface area contributed by atoms with Crippen molar-refractivity contribution in [2.45, 2.75) is 20.5 Å². The van der Waals surface area contributed by atoms with Gasteiger partial charge in [0.15, 0.2) is 5.01 Å². The quantitative estimate of drug-likeness (QED) is 0.919. The van der Waals surface area contributed by atoms with E-state index in [1.165, 1.54) is 23.8 Å². The third kappa shape index (κ3) is 3.53. The van der Waals surface area contributed by atoms with Crippen LogP contribution in [0.2, 0.25) is 0 Å². The second-order valence-corrected chi connectivity index (χ2v) is 4.85. The maximum Gasteiger partial charge on any atom is 0.223 e. The molecule has 0 unspecified atom stereocenters. The number of hydrogen-bond acceptors (Lipinski definition) is 5. The van der Waals surface area contributed by atoms with Crippen molar-refractivity contribution in [1.82, 2.24) is 10.2 Å². The number of nitrogens with one attached hydrogen (secondary N) is 1. The minimum atomic E-state index is -0.155. The van der Waals surface area contributed by atoms with Gasteiger partial charge in [-0.3, -0.25) is 4.79 Å². The van der Waals surface area contributed by atoms with Gasteiger partial charge in [0.1, 0.15) is 12.4 Å². The van der Waals surface area contributed by atoms with E-state index >= 15 is 0 Å². The highest BCUT2D eigenvalue weighted by atomic mass is 32.1. The SMILES string of the molecule is CC(=O)Nc1nnc(COc2ccc(C)cc2)s1. The molecule has 1 aromatic carbocycles. The summed E-state index contributed by atoms with van der Waals surface area (Å²) in [7, 11) is 0. The number of amides is 1. The number of anilines is 1. The molecular weight excluding hydrogens is 250 g/mol. The minimum absolute atomic E-state index is 0.155. The first kappa shape index (κ1) is 12.5. The van der Waals surface area contributed by atoms with Gasteiger partial charge in [0.2, 0.25) is 11.0 Å². The molecule has 0 aliphatic heterocycles. The molecule has 2 rings (SSSR count). The Hall–Kier alpha value is -1.95. The van der Waals surface area contributed by atoms with E-state index in [0.29, 0.717) is 11.7 Å². The fourth-order valence-electron chi connectivity index (χ4n) is 1.29. The van der Waals surface area contributed by atoms with E-state index in [4.69, 9.17) is 4.74 Å². The molecule has 2 aromatic rings. The van der Waals surface area contributed by atoms with Gasteiger partial charge < -0.3 is 10.1 Å². The molecule has 0 spiro atoms. The van der Waals surface area contributed by atoms with E-state index in [1.807, 2.05) is 31.2 Å². The molecule has 0 bridgehead atoms. The lowest BCUT2D eigenvalue weighted by Gasteiger charge is -2.03. The first-order valence-electron chi connectivity index (χ1n) is 5.43. The van der Waals surface area contributed by atoms with Crippen molar-refractivity contribution in [3.05, 3.63) is 34.8 Å². The summed E-state index contributed by atoms with van der Waals surface area (Å²) in [6.07, 6.45) is 0. The first-order chi connectivity index (χ1) is 8.63. The lowest BCUT2D eigenvalue weighted by molar-refractivity contribution is -0.114. The van der Waals surface area contributed by atoms with E-state index in [2.05, 4.69) is 15.5 Å². The molecule has 0 atom stereocenters. The summed E-state index contributed by atoms with van der Waals surface area (Å²) < 4.78 is 5.56. The molecule has 1 aromatic heterocycles. The van der Waals surface area contributed by atoms with Gasteiger partial charge in [0.25, 0.3) is 0 Å². The average molecular weight is 263 g/mol. The van der Waals surface area contributed by atoms with Gasteiger partial charge in [-0.25, -0.2) is 0 Å². The number of carbonyl (C=O) groups is 1. The van der Waals surface area contributed by atoms with Crippen LogP contribution in [-0.2, 0) is 11.4 Å². The second-order valence-electron chi connectivity index (χ2n) is 3.78. The van der Waals surface area contributed by atoms with Crippen molar-refractivity contribution in [2.75, 3.05) is 5.32 Å². The third-order valence-corrected chi connectivity index (χ3v) is 2.95. The lowest BCUT2D eigenvalue weighted by atomic mass is 10.2. The normalized spacial score (nSPS) is 10.1. The van der Waals surface area contributed by atoms with E-state index in [0.717, 1.165) is 10.8 Å². The van der Waals surface area contributed by atoms with Crippen LogP contribution in [0.1, 0.15) is 17.5 Å². The van der Waals surface area contributed by atoms with Crippen LogP contribution in [0, 0.1) is 6.92 Å². The molecule has 0 aliphatic carbocycles. The predicted molar refractivity (Wildman–Crippen MR) is 69.7 cm³/mol. The molecule has 18 heavy (non-hydrogen) atoms. The second kappa shape index (κ2) is 5.59. The number of aromatic nitrogens is 2. The molecule has 0 saturated carbocycles. The molecule has 0 aliphatic rings. The Bertz CT molecular complexity index is 537. The van der Waals surface area contributed by atoms with Crippen molar-refractivity contribution >= 4 is 22.4 Å². The van der Waals surface area contributed by atoms with E-state index in [1.54, 1.807) is 0 Å². The molecule has 0 radical (unpaired) electrons. The Morgan fingerprint density at radius 2 is 2.06 bits per heavy atom. The zero-order chi connectivity index (χ0) is 13.0. The zero-order valence-corrected chi connectivity index (χ0v) is 11.0. The number of carbonyl (C=O) groups excluding carboxylic acids is 1. The number of benzene rings is 1. The first-order valence-corrected chi connectivity index (χ1v) is 6.24. The van der Waals surface area contributed by atoms with Crippen molar-refractivity contribution < 1.29 is 9.53 Å². The van der Waals surface area contributed by atoms with Crippen LogP contribution < -0.4 is 10.1 Å². The van der Waals surface area contributed by atoms with Crippen LogP contribution in [0.3, 0.4) is 0 Å². The summed E-state index contributed by atoms with van der Waals surface area (Å²) in [5, 5.41) is 11.6. The molecule has 0 fully saturated rings. The highest BCUT2D eigenvalue weighted by molar-refractivity contribution is 7.15. The summed E-state index contributed by atoms with van der Waals surface area (Å²) in [6.45, 7) is 3.80. The summed E-state index contributed by atoms with van der Waals surface area (Å²) in [5.74, 6) is 0.633. The molecule has 5 nitrogen and oxygen atoms in total. The molecule has 0 saturated heterocycles. The highest BCUT2D eigenvalue weighted by Gasteiger charge is 2.05. The standard InChI is InChI=1S/C12H13N3O2S/c1-8-3-5-10(6-4-8)17-7-11-14-15-12(18-11)13-9(2)16/h3-6H,7H2,1-2H3,(H,13,15,16). The highest BCUT2D eigenvalue weighted by Crippen LogP contribution is 2.18. The van der Waals surface area contributed by atoms with Crippen LogP contribution in [0.25, 0.3) is 0 Å². The van der Waals surface area contributed by atoms with Crippen molar-refractivity contribution in [1.29, 1.82) is 0 Å². The monoisotopic (exact) mass is 263 g/mol. The van der Waals surface area contributed by atoms with Gasteiger partial charge in [-0.05, 0) is 19.1 Å². The van der Waals surface area contributed by atoms with E-state index in [-0.39, 0.29) is 5.91 Å². The molecule has 1 amide bonds. The Labute approximate surface area is 109 Å². The van der Waals surface area contributed by atoms with Gasteiger partial charge in [-0.1, -0.05) is 29.0 Å². The fraction of sp³-hybridized carbons (Fsp3) is 0.250. The van der Waals surface area contributed by atoms with E-state index in [9.17, 15) is 4.79 Å². The van der Waals surface area contributed by atoms with E-state index < -0.39 is 0 Å². The third-order valence-electron chi connectivity index (χ3n) is 2.13. The van der Waals surface area contributed by atoms with Gasteiger partial charge in [0, 0.05) is 6.92 Å². The Balaban J connectivity index is 1.92. The maximum atomic E-state index is 10.8. The Morgan fingerprint density at radius 3 is 2.72 bits per heavy atom. The summed E-state index contributed by atoms with van der Waals surface area (Å²) >= 11 is 1.30. The van der Waals surface area contributed by atoms with Crippen LogP contribution >= 0.6 is 11.3 Å². The summed E-state index contributed by atoms with van der Waals surface area (Å²) in [6, 6.07) is 7.78.